The Kier molecular flexibility index (Phi) is 2.58. The van der Waals surface area contributed by atoms with Crippen molar-refractivity contribution in [1.29, 1.82) is 0 Å². The van der Waals surface area contributed by atoms with Crippen LogP contribution in [0.5, 0.6) is 0 Å². The zero-order valence-corrected chi connectivity index (χ0v) is 11.0. The number of nitrogens with zero attached hydrogens (tertiary/aromatic N) is 5. The first-order valence-corrected chi connectivity index (χ1v) is 6.78. The minimum Gasteiger partial charge on any atom is -0.355 e. The summed E-state index contributed by atoms with van der Waals surface area (Å²) < 4.78 is 0. The Morgan fingerprint density at radius 2 is 2.05 bits per heavy atom. The standard InChI is InChI=1S/C14H14N6/c1-2-7-20(6-1)14-11-13(16-9-17-14)19-12(18-11)10-4-3-5-15-8-10/h3-5,8-9H,1-2,6-7H2,(H,16,17,18,19). The van der Waals surface area contributed by atoms with E-state index < -0.39 is 0 Å². The highest BCUT2D eigenvalue weighted by molar-refractivity contribution is 5.86. The third-order valence-electron chi connectivity index (χ3n) is 3.60. The van der Waals surface area contributed by atoms with Crippen LogP contribution in [0.4, 0.5) is 5.82 Å². The Morgan fingerprint density at radius 1 is 1.15 bits per heavy atom. The third-order valence-corrected chi connectivity index (χ3v) is 3.60. The highest BCUT2D eigenvalue weighted by atomic mass is 15.2. The summed E-state index contributed by atoms with van der Waals surface area (Å²) in [6.07, 6.45) is 7.57. The van der Waals surface area contributed by atoms with Crippen molar-refractivity contribution in [2.45, 2.75) is 12.8 Å². The van der Waals surface area contributed by atoms with Gasteiger partial charge in [-0.3, -0.25) is 4.98 Å². The minimum atomic E-state index is 0.778. The monoisotopic (exact) mass is 266 g/mol. The van der Waals surface area contributed by atoms with Gasteiger partial charge in [0.25, 0.3) is 0 Å². The number of H-pyrrole nitrogens is 1. The molecule has 3 aromatic heterocycles. The summed E-state index contributed by atoms with van der Waals surface area (Å²) in [5.74, 6) is 1.72. The molecular weight excluding hydrogens is 252 g/mol. The molecule has 0 amide bonds. The van der Waals surface area contributed by atoms with Crippen LogP contribution in [0.25, 0.3) is 22.6 Å². The smallest absolute Gasteiger partial charge is 0.163 e. The highest BCUT2D eigenvalue weighted by Gasteiger charge is 2.19. The molecule has 1 N–H and O–H groups in total. The quantitative estimate of drug-likeness (QED) is 0.768. The van der Waals surface area contributed by atoms with E-state index in [1.807, 2.05) is 12.1 Å². The summed E-state index contributed by atoms with van der Waals surface area (Å²) in [5.41, 5.74) is 2.58. The largest absolute Gasteiger partial charge is 0.355 e. The lowest BCUT2D eigenvalue weighted by Gasteiger charge is -2.15. The summed E-state index contributed by atoms with van der Waals surface area (Å²) in [6, 6.07) is 3.88. The van der Waals surface area contributed by atoms with Gasteiger partial charge in [0, 0.05) is 31.0 Å². The van der Waals surface area contributed by atoms with Gasteiger partial charge >= 0.3 is 0 Å². The van der Waals surface area contributed by atoms with Gasteiger partial charge in [0.05, 0.1) is 0 Å². The van der Waals surface area contributed by atoms with E-state index in [0.717, 1.165) is 41.5 Å². The Balaban J connectivity index is 1.85. The molecule has 0 atom stereocenters. The van der Waals surface area contributed by atoms with E-state index in [1.165, 1.54) is 12.8 Å². The Hall–Kier alpha value is -2.50. The van der Waals surface area contributed by atoms with Crippen molar-refractivity contribution in [3.05, 3.63) is 30.9 Å². The van der Waals surface area contributed by atoms with E-state index in [0.29, 0.717) is 0 Å². The number of fused-ring (bicyclic) bond motifs is 1. The molecule has 4 heterocycles. The minimum absolute atomic E-state index is 0.778. The van der Waals surface area contributed by atoms with E-state index in [2.05, 4.69) is 29.8 Å². The molecular formula is C14H14N6. The van der Waals surface area contributed by atoms with Gasteiger partial charge in [0.1, 0.15) is 12.2 Å². The van der Waals surface area contributed by atoms with E-state index in [-0.39, 0.29) is 0 Å². The number of aromatic amines is 1. The van der Waals surface area contributed by atoms with Gasteiger partial charge in [-0.15, -0.1) is 0 Å². The van der Waals surface area contributed by atoms with Crippen LogP contribution in [-0.4, -0.2) is 38.0 Å². The van der Waals surface area contributed by atoms with Crippen molar-refractivity contribution in [1.82, 2.24) is 24.9 Å². The highest BCUT2D eigenvalue weighted by Crippen LogP contribution is 2.26. The molecule has 0 saturated carbocycles. The fraction of sp³-hybridized carbons (Fsp3) is 0.286. The fourth-order valence-corrected chi connectivity index (χ4v) is 2.62. The molecule has 0 aromatic carbocycles. The fourth-order valence-electron chi connectivity index (χ4n) is 2.62. The van der Waals surface area contributed by atoms with Crippen molar-refractivity contribution in [2.24, 2.45) is 0 Å². The SMILES string of the molecule is c1cncc(-c2nc3c(N4CCCC4)ncnc3[nH]2)c1. The van der Waals surface area contributed by atoms with Crippen molar-refractivity contribution in [3.63, 3.8) is 0 Å². The van der Waals surface area contributed by atoms with Gasteiger partial charge in [-0.05, 0) is 25.0 Å². The Morgan fingerprint density at radius 3 is 2.85 bits per heavy atom. The Labute approximate surface area is 115 Å². The first-order chi connectivity index (χ1) is 9.92. The van der Waals surface area contributed by atoms with E-state index in [1.54, 1.807) is 18.7 Å². The average molecular weight is 266 g/mol. The van der Waals surface area contributed by atoms with Crippen LogP contribution in [0.15, 0.2) is 30.9 Å². The van der Waals surface area contributed by atoms with E-state index in [4.69, 9.17) is 0 Å². The van der Waals surface area contributed by atoms with Crippen LogP contribution < -0.4 is 4.90 Å². The van der Waals surface area contributed by atoms with Crippen LogP contribution in [-0.2, 0) is 0 Å². The average Bonchev–Trinajstić information content (AvgIpc) is 3.17. The molecule has 1 aliphatic heterocycles. The van der Waals surface area contributed by atoms with Crippen molar-refractivity contribution < 1.29 is 0 Å². The molecule has 100 valence electrons. The molecule has 0 radical (unpaired) electrons. The molecule has 3 aromatic rings. The summed E-state index contributed by atoms with van der Waals surface area (Å²) >= 11 is 0. The summed E-state index contributed by atoms with van der Waals surface area (Å²) in [7, 11) is 0. The molecule has 1 fully saturated rings. The van der Waals surface area contributed by atoms with Crippen molar-refractivity contribution in [2.75, 3.05) is 18.0 Å². The molecule has 0 unspecified atom stereocenters. The molecule has 6 heteroatoms. The lowest BCUT2D eigenvalue weighted by atomic mass is 10.3. The molecule has 6 nitrogen and oxygen atoms in total. The molecule has 1 saturated heterocycles. The molecule has 1 aliphatic rings. The van der Waals surface area contributed by atoms with Gasteiger partial charge in [-0.2, -0.15) is 0 Å². The predicted molar refractivity (Wildman–Crippen MR) is 76.4 cm³/mol. The second-order valence-corrected chi connectivity index (χ2v) is 4.92. The van der Waals surface area contributed by atoms with Crippen LogP contribution in [0.2, 0.25) is 0 Å². The first kappa shape index (κ1) is 11.3. The maximum absolute atomic E-state index is 4.67. The van der Waals surface area contributed by atoms with Crippen LogP contribution in [0, 0.1) is 0 Å². The first-order valence-electron chi connectivity index (χ1n) is 6.78. The normalized spacial score (nSPS) is 15.1. The lowest BCUT2D eigenvalue weighted by molar-refractivity contribution is 0.936. The van der Waals surface area contributed by atoms with E-state index in [9.17, 15) is 0 Å². The zero-order chi connectivity index (χ0) is 13.4. The number of nitrogens with one attached hydrogen (secondary N) is 1. The topological polar surface area (TPSA) is 70.6 Å². The van der Waals surface area contributed by atoms with Crippen molar-refractivity contribution in [3.8, 4) is 11.4 Å². The van der Waals surface area contributed by atoms with Crippen LogP contribution in [0.1, 0.15) is 12.8 Å². The number of anilines is 1. The zero-order valence-electron chi connectivity index (χ0n) is 11.0. The predicted octanol–water partition coefficient (Wildman–Crippen LogP) is 2.02. The molecule has 4 rings (SSSR count). The molecule has 0 spiro atoms. The summed E-state index contributed by atoms with van der Waals surface area (Å²) in [5, 5.41) is 0. The molecule has 0 aliphatic carbocycles. The van der Waals surface area contributed by atoms with Gasteiger partial charge in [0.15, 0.2) is 17.0 Å². The van der Waals surface area contributed by atoms with Gasteiger partial charge in [0.2, 0.25) is 0 Å². The summed E-state index contributed by atoms with van der Waals surface area (Å²) in [6.45, 7) is 2.09. The van der Waals surface area contributed by atoms with Crippen molar-refractivity contribution >= 4 is 17.0 Å². The number of imidazole rings is 1. The van der Waals surface area contributed by atoms with Gasteiger partial charge in [-0.1, -0.05) is 0 Å². The second-order valence-electron chi connectivity index (χ2n) is 4.92. The maximum Gasteiger partial charge on any atom is 0.163 e. The van der Waals surface area contributed by atoms with Crippen LogP contribution in [0.3, 0.4) is 0 Å². The maximum atomic E-state index is 4.67. The van der Waals surface area contributed by atoms with Crippen LogP contribution >= 0.6 is 0 Å². The van der Waals surface area contributed by atoms with Gasteiger partial charge in [-0.25, -0.2) is 15.0 Å². The summed E-state index contributed by atoms with van der Waals surface area (Å²) in [4.78, 5) is 23.0. The molecule has 20 heavy (non-hydrogen) atoms. The number of aromatic nitrogens is 5. The van der Waals surface area contributed by atoms with E-state index >= 15 is 0 Å². The third kappa shape index (κ3) is 1.80. The van der Waals surface area contributed by atoms with Gasteiger partial charge < -0.3 is 9.88 Å². The number of hydrogen-bond acceptors (Lipinski definition) is 5. The molecule has 0 bridgehead atoms. The number of rotatable bonds is 2. The number of hydrogen-bond donors (Lipinski definition) is 1. The number of pyridine rings is 1. The Bertz CT molecular complexity index is 730. The lowest BCUT2D eigenvalue weighted by Crippen LogP contribution is -2.19. The second kappa shape index (κ2) is 4.56.